The predicted octanol–water partition coefficient (Wildman–Crippen LogP) is 3.00. The van der Waals surface area contributed by atoms with Crippen LogP contribution < -0.4 is 10.1 Å². The van der Waals surface area contributed by atoms with Gasteiger partial charge < -0.3 is 15.2 Å². The smallest absolute Gasteiger partial charge is 0.122 e. The van der Waals surface area contributed by atoms with Crippen molar-refractivity contribution in [3.05, 3.63) is 29.8 Å². The largest absolute Gasteiger partial charge is 0.491 e. The van der Waals surface area contributed by atoms with Gasteiger partial charge in [-0.15, -0.1) is 0 Å². The van der Waals surface area contributed by atoms with Gasteiger partial charge in [0.25, 0.3) is 0 Å². The molecule has 0 radical (unpaired) electrons. The van der Waals surface area contributed by atoms with Crippen LogP contribution in [0.2, 0.25) is 0 Å². The molecule has 1 aromatic carbocycles. The first kappa shape index (κ1) is 16.7. The average molecular weight is 309 g/mol. The van der Waals surface area contributed by atoms with Crippen LogP contribution in [0.15, 0.2) is 24.3 Å². The molecule has 0 amide bonds. The van der Waals surface area contributed by atoms with E-state index < -0.39 is 6.10 Å². The zero-order valence-electron chi connectivity index (χ0n) is 13.0. The summed E-state index contributed by atoms with van der Waals surface area (Å²) in [5, 5.41) is 14.3. The molecule has 0 aromatic heterocycles. The lowest BCUT2D eigenvalue weighted by molar-refractivity contribution is 0.103. The third-order valence-electron chi connectivity index (χ3n) is 3.97. The zero-order valence-corrected chi connectivity index (χ0v) is 13.9. The van der Waals surface area contributed by atoms with Gasteiger partial charge >= 0.3 is 0 Å². The maximum atomic E-state index is 10.1. The summed E-state index contributed by atoms with van der Waals surface area (Å²) in [6, 6.07) is 8.46. The van der Waals surface area contributed by atoms with Crippen LogP contribution in [0.5, 0.6) is 5.75 Å². The van der Waals surface area contributed by atoms with Crippen LogP contribution in [-0.4, -0.2) is 41.4 Å². The molecule has 0 spiro atoms. The number of aryl methyl sites for hydroxylation is 1. The van der Waals surface area contributed by atoms with Crippen molar-refractivity contribution in [3.63, 3.8) is 0 Å². The molecule has 3 atom stereocenters. The predicted molar refractivity (Wildman–Crippen MR) is 90.2 cm³/mol. The molecule has 4 heteroatoms. The molecule has 1 aliphatic rings. The van der Waals surface area contributed by atoms with E-state index in [4.69, 9.17) is 4.74 Å². The fraction of sp³-hybridized carbons (Fsp3) is 0.647. The molecule has 0 bridgehead atoms. The Morgan fingerprint density at radius 1 is 1.38 bits per heavy atom. The first-order chi connectivity index (χ1) is 10.2. The Kier molecular flexibility index (Phi) is 6.87. The summed E-state index contributed by atoms with van der Waals surface area (Å²) < 4.78 is 5.69. The summed E-state index contributed by atoms with van der Waals surface area (Å²) in [6.45, 7) is 5.18. The maximum Gasteiger partial charge on any atom is 0.122 e. The molecule has 1 aromatic rings. The second-order valence-electron chi connectivity index (χ2n) is 5.67. The lowest BCUT2D eigenvalue weighted by Gasteiger charge is -2.22. The molecule has 1 saturated carbocycles. The summed E-state index contributed by atoms with van der Waals surface area (Å²) >= 11 is 2.04. The van der Waals surface area contributed by atoms with Crippen LogP contribution in [-0.2, 0) is 0 Å². The second kappa shape index (κ2) is 8.66. The van der Waals surface area contributed by atoms with Crippen molar-refractivity contribution in [1.82, 2.24) is 5.32 Å². The molecule has 3 nitrogen and oxygen atoms in total. The Labute approximate surface area is 132 Å². The third-order valence-corrected chi connectivity index (χ3v) is 5.30. The van der Waals surface area contributed by atoms with Crippen molar-refractivity contribution < 1.29 is 9.84 Å². The van der Waals surface area contributed by atoms with Gasteiger partial charge in [0, 0.05) is 17.8 Å². The first-order valence-electron chi connectivity index (χ1n) is 7.92. The molecule has 118 valence electrons. The van der Waals surface area contributed by atoms with E-state index in [0.29, 0.717) is 24.4 Å². The van der Waals surface area contributed by atoms with E-state index in [0.717, 1.165) is 11.3 Å². The highest BCUT2D eigenvalue weighted by molar-refractivity contribution is 7.99. The van der Waals surface area contributed by atoms with Gasteiger partial charge in [-0.3, -0.25) is 0 Å². The first-order valence-corrected chi connectivity index (χ1v) is 8.97. The van der Waals surface area contributed by atoms with Gasteiger partial charge in [-0.05, 0) is 37.1 Å². The van der Waals surface area contributed by atoms with Crippen LogP contribution >= 0.6 is 11.8 Å². The van der Waals surface area contributed by atoms with Gasteiger partial charge in [0.05, 0.1) is 0 Å². The highest BCUT2D eigenvalue weighted by atomic mass is 32.2. The van der Waals surface area contributed by atoms with Gasteiger partial charge in [0.15, 0.2) is 0 Å². The minimum absolute atomic E-state index is 0.343. The van der Waals surface area contributed by atoms with Crippen molar-refractivity contribution in [2.75, 3.05) is 18.9 Å². The lowest BCUT2D eigenvalue weighted by atomic mass is 10.2. The molecule has 3 unspecified atom stereocenters. The topological polar surface area (TPSA) is 41.5 Å². The van der Waals surface area contributed by atoms with Crippen LogP contribution in [0.1, 0.15) is 31.7 Å². The number of aliphatic hydroxyl groups is 1. The fourth-order valence-corrected chi connectivity index (χ4v) is 4.05. The average Bonchev–Trinajstić information content (AvgIpc) is 2.92. The molecule has 1 fully saturated rings. The van der Waals surface area contributed by atoms with Crippen molar-refractivity contribution in [3.8, 4) is 5.75 Å². The Balaban J connectivity index is 1.70. The number of benzene rings is 1. The Hall–Kier alpha value is -0.710. The second-order valence-corrected chi connectivity index (χ2v) is 7.19. The molecule has 2 rings (SSSR count). The summed E-state index contributed by atoms with van der Waals surface area (Å²) in [5.74, 6) is 2.03. The number of rotatable bonds is 8. The van der Waals surface area contributed by atoms with E-state index in [2.05, 4.69) is 12.2 Å². The molecule has 0 aliphatic heterocycles. The number of hydrogen-bond acceptors (Lipinski definition) is 4. The van der Waals surface area contributed by atoms with Crippen molar-refractivity contribution in [2.24, 2.45) is 0 Å². The minimum atomic E-state index is -0.461. The molecule has 0 heterocycles. The third kappa shape index (κ3) is 5.20. The maximum absolute atomic E-state index is 10.1. The van der Waals surface area contributed by atoms with Gasteiger partial charge in [0.2, 0.25) is 0 Å². The van der Waals surface area contributed by atoms with Crippen molar-refractivity contribution in [2.45, 2.75) is 50.5 Å². The Morgan fingerprint density at radius 3 is 2.95 bits per heavy atom. The Morgan fingerprint density at radius 2 is 2.19 bits per heavy atom. The van der Waals surface area contributed by atoms with Gasteiger partial charge in [-0.25, -0.2) is 0 Å². The van der Waals surface area contributed by atoms with Gasteiger partial charge in [-0.2, -0.15) is 11.8 Å². The number of para-hydroxylation sites is 1. The van der Waals surface area contributed by atoms with Gasteiger partial charge in [0.1, 0.15) is 18.5 Å². The lowest BCUT2D eigenvalue weighted by Crippen LogP contribution is -2.40. The normalized spacial score (nSPS) is 23.2. The summed E-state index contributed by atoms with van der Waals surface area (Å²) in [5.41, 5.74) is 1.10. The number of aliphatic hydroxyl groups excluding tert-OH is 1. The number of thioether (sulfide) groups is 1. The van der Waals surface area contributed by atoms with E-state index in [9.17, 15) is 5.11 Å². The van der Waals surface area contributed by atoms with Gasteiger partial charge in [-0.1, -0.05) is 31.5 Å². The van der Waals surface area contributed by atoms with Crippen molar-refractivity contribution >= 4 is 11.8 Å². The number of ether oxygens (including phenoxy) is 1. The van der Waals surface area contributed by atoms with E-state index in [-0.39, 0.29) is 0 Å². The number of hydrogen-bond donors (Lipinski definition) is 2. The molecular weight excluding hydrogens is 282 g/mol. The highest BCUT2D eigenvalue weighted by Crippen LogP contribution is 2.29. The standard InChI is InChI=1S/C17H27NO2S/c1-3-21-17-10-6-8-15(17)18-11-14(19)12-20-16-9-5-4-7-13(16)2/h4-5,7,9,14-15,17-19H,3,6,8,10-12H2,1-2H3. The van der Waals surface area contributed by atoms with Crippen LogP contribution in [0.4, 0.5) is 0 Å². The molecule has 0 saturated heterocycles. The molecule has 1 aliphatic carbocycles. The summed E-state index contributed by atoms with van der Waals surface area (Å²) in [4.78, 5) is 0. The van der Waals surface area contributed by atoms with Crippen LogP contribution in [0.25, 0.3) is 0 Å². The molecule has 2 N–H and O–H groups in total. The quantitative estimate of drug-likeness (QED) is 0.774. The SMILES string of the molecule is CCSC1CCCC1NCC(O)COc1ccccc1C. The van der Waals surface area contributed by atoms with E-state index in [1.807, 2.05) is 43.0 Å². The van der Waals surface area contributed by atoms with Crippen molar-refractivity contribution in [1.29, 1.82) is 0 Å². The van der Waals surface area contributed by atoms with Crippen LogP contribution in [0, 0.1) is 6.92 Å². The number of nitrogens with one attached hydrogen (secondary N) is 1. The van der Waals surface area contributed by atoms with E-state index >= 15 is 0 Å². The Bertz CT molecular complexity index is 427. The summed E-state index contributed by atoms with van der Waals surface area (Å²) in [6.07, 6.45) is 3.36. The molecule has 21 heavy (non-hydrogen) atoms. The summed E-state index contributed by atoms with van der Waals surface area (Å²) in [7, 11) is 0. The van der Waals surface area contributed by atoms with Crippen LogP contribution in [0.3, 0.4) is 0 Å². The minimum Gasteiger partial charge on any atom is -0.491 e. The highest BCUT2D eigenvalue weighted by Gasteiger charge is 2.27. The van der Waals surface area contributed by atoms with E-state index in [1.165, 1.54) is 25.0 Å². The zero-order chi connectivity index (χ0) is 15.1. The van der Waals surface area contributed by atoms with E-state index in [1.54, 1.807) is 0 Å². The molecular formula is C17H27NO2S. The monoisotopic (exact) mass is 309 g/mol. The fourth-order valence-electron chi connectivity index (χ4n) is 2.82.